The second-order valence-electron chi connectivity index (χ2n) is 4.49. The largest absolute Gasteiger partial charge is 0.508 e. The van der Waals surface area contributed by atoms with Gasteiger partial charge >= 0.3 is 0 Å². The molecule has 0 saturated heterocycles. The van der Waals surface area contributed by atoms with E-state index in [2.05, 4.69) is 0 Å². The lowest BCUT2D eigenvalue weighted by Gasteiger charge is -2.19. The maximum atomic E-state index is 12.3. The van der Waals surface area contributed by atoms with Crippen molar-refractivity contribution in [3.05, 3.63) is 58.6 Å². The Bertz CT molecular complexity index is 644. The summed E-state index contributed by atoms with van der Waals surface area (Å²) in [6.07, 6.45) is 0. The van der Waals surface area contributed by atoms with Gasteiger partial charge in [0.15, 0.2) is 0 Å². The van der Waals surface area contributed by atoms with Gasteiger partial charge in [-0.25, -0.2) is 0 Å². The molecule has 2 aromatic rings. The van der Waals surface area contributed by atoms with Gasteiger partial charge in [-0.2, -0.15) is 0 Å². The highest BCUT2D eigenvalue weighted by molar-refractivity contribution is 6.33. The number of hydrogen-bond acceptors (Lipinski definition) is 3. The molecule has 0 saturated carbocycles. The first-order chi connectivity index (χ1) is 9.50. The van der Waals surface area contributed by atoms with E-state index in [0.29, 0.717) is 16.1 Å². The first-order valence-corrected chi connectivity index (χ1v) is 6.45. The molecule has 0 aliphatic rings. The molecular formula is C15H15ClN2O2. The van der Waals surface area contributed by atoms with Crippen LogP contribution in [0.15, 0.2) is 42.5 Å². The fraction of sp³-hybridized carbons (Fsp3) is 0.133. The quantitative estimate of drug-likeness (QED) is 0.854. The SMILES string of the molecule is CN(Cc1ccccc1O)C(=O)c1cccc(Cl)c1N. The predicted octanol–water partition coefficient (Wildman–Crippen LogP) is 2.90. The number of para-hydroxylation sites is 2. The van der Waals surface area contributed by atoms with Gasteiger partial charge in [0.25, 0.3) is 5.91 Å². The fourth-order valence-electron chi connectivity index (χ4n) is 1.90. The standard InChI is InChI=1S/C15H15ClN2O2/c1-18(9-10-5-2-3-8-13(10)19)15(20)11-6-4-7-12(16)14(11)17/h2-8,19H,9,17H2,1H3. The van der Waals surface area contributed by atoms with Gasteiger partial charge in [-0.15, -0.1) is 0 Å². The van der Waals surface area contributed by atoms with Crippen molar-refractivity contribution < 1.29 is 9.90 Å². The van der Waals surface area contributed by atoms with Crippen LogP contribution < -0.4 is 5.73 Å². The summed E-state index contributed by atoms with van der Waals surface area (Å²) >= 11 is 5.91. The minimum Gasteiger partial charge on any atom is -0.508 e. The highest BCUT2D eigenvalue weighted by Gasteiger charge is 2.17. The van der Waals surface area contributed by atoms with Gasteiger partial charge in [0.1, 0.15) is 5.75 Å². The van der Waals surface area contributed by atoms with Crippen molar-refractivity contribution in [3.8, 4) is 5.75 Å². The van der Waals surface area contributed by atoms with Crippen LogP contribution in [-0.4, -0.2) is 23.0 Å². The second kappa shape index (κ2) is 5.84. The molecule has 3 N–H and O–H groups in total. The molecule has 5 heteroatoms. The maximum Gasteiger partial charge on any atom is 0.256 e. The monoisotopic (exact) mass is 290 g/mol. The van der Waals surface area contributed by atoms with E-state index in [9.17, 15) is 9.90 Å². The number of phenols is 1. The van der Waals surface area contributed by atoms with Gasteiger partial charge in [0, 0.05) is 19.2 Å². The van der Waals surface area contributed by atoms with E-state index in [1.54, 1.807) is 49.5 Å². The van der Waals surface area contributed by atoms with E-state index in [1.165, 1.54) is 4.90 Å². The lowest BCUT2D eigenvalue weighted by atomic mass is 10.1. The highest BCUT2D eigenvalue weighted by Crippen LogP contribution is 2.24. The number of halogens is 1. The van der Waals surface area contributed by atoms with Crippen LogP contribution in [0.4, 0.5) is 5.69 Å². The van der Waals surface area contributed by atoms with E-state index in [4.69, 9.17) is 17.3 Å². The molecule has 0 fully saturated rings. The molecule has 0 spiro atoms. The molecule has 20 heavy (non-hydrogen) atoms. The molecule has 2 aromatic carbocycles. The third-order valence-corrected chi connectivity index (χ3v) is 3.36. The average molecular weight is 291 g/mol. The Balaban J connectivity index is 2.21. The van der Waals surface area contributed by atoms with Crippen LogP contribution in [0.2, 0.25) is 5.02 Å². The Hall–Kier alpha value is -2.20. The summed E-state index contributed by atoms with van der Waals surface area (Å²) in [5.74, 6) is -0.0838. The lowest BCUT2D eigenvalue weighted by Crippen LogP contribution is -2.27. The van der Waals surface area contributed by atoms with Crippen LogP contribution >= 0.6 is 11.6 Å². The Kier molecular flexibility index (Phi) is 4.15. The Morgan fingerprint density at radius 3 is 2.65 bits per heavy atom. The number of benzene rings is 2. The summed E-state index contributed by atoms with van der Waals surface area (Å²) in [6, 6.07) is 11.8. The predicted molar refractivity (Wildman–Crippen MR) is 79.8 cm³/mol. The van der Waals surface area contributed by atoms with E-state index in [-0.39, 0.29) is 23.9 Å². The van der Waals surface area contributed by atoms with E-state index >= 15 is 0 Å². The van der Waals surface area contributed by atoms with Crippen LogP contribution in [-0.2, 0) is 6.54 Å². The molecule has 0 aliphatic heterocycles. The number of aromatic hydroxyl groups is 1. The number of hydrogen-bond donors (Lipinski definition) is 2. The van der Waals surface area contributed by atoms with Gasteiger partial charge in [0.2, 0.25) is 0 Å². The number of nitrogens with two attached hydrogens (primary N) is 1. The molecule has 0 atom stereocenters. The Morgan fingerprint density at radius 1 is 1.25 bits per heavy atom. The molecule has 2 rings (SSSR count). The van der Waals surface area contributed by atoms with Gasteiger partial charge in [-0.3, -0.25) is 4.79 Å². The number of carbonyl (C=O) groups is 1. The summed E-state index contributed by atoms with van der Waals surface area (Å²) in [4.78, 5) is 13.8. The zero-order valence-corrected chi connectivity index (χ0v) is 11.8. The summed E-state index contributed by atoms with van der Waals surface area (Å²) in [5.41, 5.74) is 7.11. The Labute approximate surface area is 122 Å². The van der Waals surface area contributed by atoms with Crippen molar-refractivity contribution in [1.82, 2.24) is 4.90 Å². The number of amides is 1. The first-order valence-electron chi connectivity index (χ1n) is 6.07. The average Bonchev–Trinajstić information content (AvgIpc) is 2.43. The number of carbonyl (C=O) groups excluding carboxylic acids is 1. The fourth-order valence-corrected chi connectivity index (χ4v) is 2.08. The topological polar surface area (TPSA) is 66.6 Å². The molecule has 1 amide bonds. The highest BCUT2D eigenvalue weighted by atomic mass is 35.5. The van der Waals surface area contributed by atoms with Crippen LogP contribution in [0.1, 0.15) is 15.9 Å². The maximum absolute atomic E-state index is 12.3. The Morgan fingerprint density at radius 2 is 1.95 bits per heavy atom. The van der Waals surface area contributed by atoms with E-state index < -0.39 is 0 Å². The van der Waals surface area contributed by atoms with E-state index in [0.717, 1.165) is 0 Å². The second-order valence-corrected chi connectivity index (χ2v) is 4.90. The number of anilines is 1. The van der Waals surface area contributed by atoms with Crippen molar-refractivity contribution in [2.24, 2.45) is 0 Å². The number of rotatable bonds is 3. The molecule has 4 nitrogen and oxygen atoms in total. The van der Waals surface area contributed by atoms with Crippen molar-refractivity contribution in [1.29, 1.82) is 0 Å². The molecule has 0 radical (unpaired) electrons. The van der Waals surface area contributed by atoms with Crippen molar-refractivity contribution in [2.75, 3.05) is 12.8 Å². The summed E-state index contributed by atoms with van der Waals surface area (Å²) in [5, 5.41) is 10.1. The van der Waals surface area contributed by atoms with Crippen molar-refractivity contribution in [2.45, 2.75) is 6.54 Å². The minimum absolute atomic E-state index is 0.159. The summed E-state index contributed by atoms with van der Waals surface area (Å²) in [6.45, 7) is 0.289. The van der Waals surface area contributed by atoms with Gasteiger partial charge in [-0.1, -0.05) is 35.9 Å². The summed E-state index contributed by atoms with van der Waals surface area (Å²) in [7, 11) is 1.65. The molecule has 0 aliphatic carbocycles. The zero-order valence-electron chi connectivity index (χ0n) is 11.0. The van der Waals surface area contributed by atoms with Gasteiger partial charge in [0.05, 0.1) is 16.3 Å². The van der Waals surface area contributed by atoms with Crippen LogP contribution in [0.5, 0.6) is 5.75 Å². The molecular weight excluding hydrogens is 276 g/mol. The van der Waals surface area contributed by atoms with Crippen LogP contribution in [0.25, 0.3) is 0 Å². The van der Waals surface area contributed by atoms with Gasteiger partial charge < -0.3 is 15.7 Å². The number of nitrogen functional groups attached to an aromatic ring is 1. The van der Waals surface area contributed by atoms with Crippen LogP contribution in [0, 0.1) is 0 Å². The molecule has 0 bridgehead atoms. The zero-order chi connectivity index (χ0) is 14.7. The molecule has 0 unspecified atom stereocenters. The normalized spacial score (nSPS) is 10.3. The van der Waals surface area contributed by atoms with Gasteiger partial charge in [-0.05, 0) is 18.2 Å². The number of nitrogens with zero attached hydrogens (tertiary/aromatic N) is 1. The third kappa shape index (κ3) is 2.86. The third-order valence-electron chi connectivity index (χ3n) is 3.03. The van der Waals surface area contributed by atoms with Crippen molar-refractivity contribution in [3.63, 3.8) is 0 Å². The smallest absolute Gasteiger partial charge is 0.256 e. The first kappa shape index (κ1) is 14.2. The molecule has 0 heterocycles. The van der Waals surface area contributed by atoms with Crippen LogP contribution in [0.3, 0.4) is 0 Å². The lowest BCUT2D eigenvalue weighted by molar-refractivity contribution is 0.0785. The van der Waals surface area contributed by atoms with E-state index in [1.807, 2.05) is 0 Å². The molecule has 0 aromatic heterocycles. The minimum atomic E-state index is -0.242. The molecule has 104 valence electrons. The number of phenolic OH excluding ortho intramolecular Hbond substituents is 1. The van der Waals surface area contributed by atoms with Crippen molar-refractivity contribution >= 4 is 23.2 Å². The summed E-state index contributed by atoms with van der Waals surface area (Å²) < 4.78 is 0.